The number of benzene rings is 1. The van der Waals surface area contributed by atoms with E-state index >= 15 is 0 Å². The molecule has 0 radical (unpaired) electrons. The summed E-state index contributed by atoms with van der Waals surface area (Å²) in [6.45, 7) is 12.0. The van der Waals surface area contributed by atoms with Crippen LogP contribution in [0.15, 0.2) is 128 Å². The lowest BCUT2D eigenvalue weighted by Crippen LogP contribution is -2.31. The highest BCUT2D eigenvalue weighted by Crippen LogP contribution is 2.45. The molecule has 0 amide bonds. The number of hydrogen-bond acceptors (Lipinski definition) is 1. The van der Waals surface area contributed by atoms with Crippen LogP contribution in [0.1, 0.15) is 116 Å². The molecule has 0 atom stereocenters. The van der Waals surface area contributed by atoms with Gasteiger partial charge < -0.3 is 0 Å². The second-order valence-electron chi connectivity index (χ2n) is 15.9. The monoisotopic (exact) mass is 624 g/mol. The van der Waals surface area contributed by atoms with Gasteiger partial charge in [-0.15, -0.1) is 11.8 Å². The smallest absolute Gasteiger partial charge is 0.00363 e. The fourth-order valence-corrected chi connectivity index (χ4v) is 8.98. The molecule has 0 aromatic heterocycles. The van der Waals surface area contributed by atoms with Gasteiger partial charge in [-0.05, 0) is 155 Å². The Hall–Kier alpha value is -3.03. The molecule has 7 rings (SSSR count). The Morgan fingerprint density at radius 1 is 0.630 bits per heavy atom. The van der Waals surface area contributed by atoms with Gasteiger partial charge in [0.25, 0.3) is 0 Å². The van der Waals surface area contributed by atoms with Crippen molar-refractivity contribution in [3.05, 3.63) is 140 Å². The van der Waals surface area contributed by atoms with Crippen LogP contribution >= 0.6 is 11.8 Å². The third-order valence-corrected chi connectivity index (χ3v) is 13.3. The van der Waals surface area contributed by atoms with E-state index in [2.05, 4.69) is 125 Å². The zero-order chi connectivity index (χ0) is 31.9. The molecular formula is C45H52S. The van der Waals surface area contributed by atoms with Crippen molar-refractivity contribution in [3.8, 4) is 0 Å². The van der Waals surface area contributed by atoms with E-state index < -0.39 is 0 Å². The largest absolute Gasteiger partial charge is 0.126 e. The Balaban J connectivity index is 1.02. The Bertz CT molecular complexity index is 1740. The highest BCUT2D eigenvalue weighted by molar-refractivity contribution is 8.03. The number of allylic oxidation sites excluding steroid dienone is 19. The molecule has 0 fully saturated rings. The second-order valence-corrected chi connectivity index (χ2v) is 17.0. The minimum absolute atomic E-state index is 0.304. The first-order valence-electron chi connectivity index (χ1n) is 17.9. The van der Waals surface area contributed by atoms with Crippen LogP contribution in [0.5, 0.6) is 0 Å². The van der Waals surface area contributed by atoms with E-state index in [1.165, 1.54) is 89.9 Å². The lowest BCUT2D eigenvalue weighted by atomic mass is 9.71. The van der Waals surface area contributed by atoms with Gasteiger partial charge in [-0.3, -0.25) is 0 Å². The maximum Gasteiger partial charge on any atom is 0.00363 e. The lowest BCUT2D eigenvalue weighted by Gasteiger charge is -2.38. The molecular weight excluding hydrogens is 573 g/mol. The Morgan fingerprint density at radius 3 is 1.98 bits per heavy atom. The van der Waals surface area contributed by atoms with Crippen molar-refractivity contribution in [3.63, 3.8) is 0 Å². The van der Waals surface area contributed by atoms with Gasteiger partial charge in [-0.1, -0.05) is 107 Å². The second kappa shape index (κ2) is 12.9. The van der Waals surface area contributed by atoms with E-state index in [4.69, 9.17) is 0 Å². The average Bonchev–Trinajstić information content (AvgIpc) is 3.51. The van der Waals surface area contributed by atoms with E-state index in [1.807, 2.05) is 0 Å². The lowest BCUT2D eigenvalue weighted by molar-refractivity contribution is 0.163. The summed E-state index contributed by atoms with van der Waals surface area (Å²) in [6.07, 6.45) is 35.0. The Morgan fingerprint density at radius 2 is 1.28 bits per heavy atom. The Labute approximate surface area is 283 Å². The quantitative estimate of drug-likeness (QED) is 0.291. The predicted octanol–water partition coefficient (Wildman–Crippen LogP) is 13.4. The minimum Gasteiger partial charge on any atom is -0.126 e. The molecule has 0 saturated heterocycles. The molecule has 6 aliphatic carbocycles. The zero-order valence-corrected chi connectivity index (χ0v) is 29.7. The van der Waals surface area contributed by atoms with E-state index in [-0.39, 0.29) is 0 Å². The highest BCUT2D eigenvalue weighted by Gasteiger charge is 2.33. The van der Waals surface area contributed by atoms with Crippen LogP contribution in [0, 0.1) is 10.8 Å². The highest BCUT2D eigenvalue weighted by atomic mass is 32.2. The number of thioether (sulfide) groups is 1. The topological polar surface area (TPSA) is 0 Å². The van der Waals surface area contributed by atoms with Gasteiger partial charge in [0.1, 0.15) is 0 Å². The molecule has 1 aromatic carbocycles. The molecule has 0 N–H and O–H groups in total. The van der Waals surface area contributed by atoms with Gasteiger partial charge in [0.15, 0.2) is 0 Å². The van der Waals surface area contributed by atoms with E-state index in [0.29, 0.717) is 10.8 Å². The number of hydrogen-bond donors (Lipinski definition) is 0. The van der Waals surface area contributed by atoms with Crippen LogP contribution < -0.4 is 0 Å². The SMILES string of the molecule is CC(C)(C)C(C)(C)CSC1=CCCC(C2=CC=C(C3=CC4=C(C=C(c5cccc(C6=CC7=C(CCC=C7)C6)c5)CC4)CC3)CC2)=C1. The van der Waals surface area contributed by atoms with Crippen molar-refractivity contribution in [2.24, 2.45) is 10.8 Å². The van der Waals surface area contributed by atoms with Crippen molar-refractivity contribution >= 4 is 22.9 Å². The zero-order valence-electron chi connectivity index (χ0n) is 28.9. The minimum atomic E-state index is 0.304. The molecule has 0 heterocycles. The van der Waals surface area contributed by atoms with Crippen LogP contribution in [-0.2, 0) is 0 Å². The van der Waals surface area contributed by atoms with Crippen LogP contribution in [0.2, 0.25) is 0 Å². The van der Waals surface area contributed by atoms with Crippen molar-refractivity contribution in [2.45, 2.75) is 105 Å². The van der Waals surface area contributed by atoms with Crippen LogP contribution in [0.3, 0.4) is 0 Å². The van der Waals surface area contributed by atoms with Gasteiger partial charge in [-0.25, -0.2) is 0 Å². The van der Waals surface area contributed by atoms with Gasteiger partial charge in [-0.2, -0.15) is 0 Å². The standard InChI is InChI=1S/C45H52S/c1-44(2,3)45(4,5)30-46-43-15-9-14-37(29-43)31-16-18-32(19-17-31)38-20-21-41-26-39(22-23-40(41)25-38)35-12-8-13-36(24-35)42-27-33-10-6-7-11-34(33)28-42/h6,8,10,12-13,15-16,18,24-27,29H,7,9,11,14,17,19-23,28,30H2,1-5H3. The van der Waals surface area contributed by atoms with Gasteiger partial charge in [0.2, 0.25) is 0 Å². The van der Waals surface area contributed by atoms with E-state index in [9.17, 15) is 0 Å². The molecule has 0 unspecified atom stereocenters. The molecule has 6 aliphatic rings. The molecule has 1 heteroatoms. The van der Waals surface area contributed by atoms with Crippen molar-refractivity contribution in [1.82, 2.24) is 0 Å². The van der Waals surface area contributed by atoms with Gasteiger partial charge >= 0.3 is 0 Å². The summed E-state index contributed by atoms with van der Waals surface area (Å²) in [4.78, 5) is 1.48. The predicted molar refractivity (Wildman–Crippen MR) is 202 cm³/mol. The van der Waals surface area contributed by atoms with Crippen molar-refractivity contribution in [2.75, 3.05) is 5.75 Å². The number of rotatable bonds is 7. The first-order chi connectivity index (χ1) is 22.1. The summed E-state index contributed by atoms with van der Waals surface area (Å²) in [5, 5.41) is 0. The summed E-state index contributed by atoms with van der Waals surface area (Å²) >= 11 is 2.06. The molecule has 0 spiro atoms. The van der Waals surface area contributed by atoms with Gasteiger partial charge in [0, 0.05) is 10.7 Å². The van der Waals surface area contributed by atoms with Crippen molar-refractivity contribution in [1.29, 1.82) is 0 Å². The Kier molecular flexibility index (Phi) is 8.83. The maximum absolute atomic E-state index is 2.56. The summed E-state index contributed by atoms with van der Waals surface area (Å²) in [7, 11) is 0. The molecule has 0 saturated carbocycles. The summed E-state index contributed by atoms with van der Waals surface area (Å²) in [6, 6.07) is 9.37. The maximum atomic E-state index is 2.56. The summed E-state index contributed by atoms with van der Waals surface area (Å²) in [5.41, 5.74) is 19.0. The van der Waals surface area contributed by atoms with Gasteiger partial charge in [0.05, 0.1) is 0 Å². The fraction of sp³-hybridized carbons (Fsp3) is 0.422. The summed E-state index contributed by atoms with van der Waals surface area (Å²) < 4.78 is 0. The summed E-state index contributed by atoms with van der Waals surface area (Å²) in [5.74, 6) is 1.17. The molecule has 238 valence electrons. The molecule has 0 bridgehead atoms. The molecule has 0 nitrogen and oxygen atoms in total. The van der Waals surface area contributed by atoms with Crippen molar-refractivity contribution < 1.29 is 0 Å². The average molecular weight is 625 g/mol. The third-order valence-electron chi connectivity index (χ3n) is 11.8. The normalized spacial score (nSPS) is 21.9. The van der Waals surface area contributed by atoms with Crippen LogP contribution in [0.25, 0.3) is 11.1 Å². The fourth-order valence-electron chi connectivity index (χ4n) is 7.56. The van der Waals surface area contributed by atoms with Crippen LogP contribution in [-0.4, -0.2) is 5.75 Å². The third kappa shape index (κ3) is 6.68. The molecule has 0 aliphatic heterocycles. The molecule has 46 heavy (non-hydrogen) atoms. The first-order valence-corrected chi connectivity index (χ1v) is 18.9. The molecule has 1 aromatic rings. The van der Waals surface area contributed by atoms with Crippen LogP contribution in [0.4, 0.5) is 0 Å². The van der Waals surface area contributed by atoms with E-state index in [0.717, 1.165) is 19.3 Å². The first kappa shape index (κ1) is 31.6. The van der Waals surface area contributed by atoms with E-state index in [1.54, 1.807) is 39.0 Å².